The maximum Gasteiger partial charge on any atom is 0.275 e. The van der Waals surface area contributed by atoms with E-state index in [-0.39, 0.29) is 5.69 Å². The van der Waals surface area contributed by atoms with E-state index in [9.17, 15) is 19.5 Å². The molecule has 126 valence electrons. The number of nitrogens with zero attached hydrogens (tertiary/aromatic N) is 2. The van der Waals surface area contributed by atoms with E-state index >= 15 is 0 Å². The Kier molecular flexibility index (Phi) is 5.67. The molecule has 0 spiro atoms. The van der Waals surface area contributed by atoms with Crippen molar-refractivity contribution in [3.8, 4) is 11.4 Å². The van der Waals surface area contributed by atoms with Crippen molar-refractivity contribution in [3.63, 3.8) is 0 Å². The molecule has 0 saturated carbocycles. The van der Waals surface area contributed by atoms with Crippen LogP contribution in [0.2, 0.25) is 0 Å². The summed E-state index contributed by atoms with van der Waals surface area (Å²) in [7, 11) is 0. The fourth-order valence-corrected chi connectivity index (χ4v) is 2.09. The fraction of sp³-hybridized carbons (Fsp3) is 0.250. The van der Waals surface area contributed by atoms with E-state index in [4.69, 9.17) is 0 Å². The van der Waals surface area contributed by atoms with Crippen molar-refractivity contribution in [2.75, 3.05) is 13.1 Å². The molecule has 1 aromatic heterocycles. The Morgan fingerprint density at radius 3 is 2.83 bits per heavy atom. The van der Waals surface area contributed by atoms with Crippen molar-refractivity contribution in [1.82, 2.24) is 20.4 Å². The number of aromatic nitrogens is 2. The third kappa shape index (κ3) is 4.19. The number of hydrogen-bond acceptors (Lipinski definition) is 5. The number of carbonyl (C=O) groups excluding carboxylic acids is 2. The molecule has 0 atom stereocenters. The summed E-state index contributed by atoms with van der Waals surface area (Å²) in [6, 6.07) is 8.03. The van der Waals surface area contributed by atoms with E-state index in [2.05, 4.69) is 15.7 Å². The quantitative estimate of drug-likeness (QED) is 0.493. The summed E-state index contributed by atoms with van der Waals surface area (Å²) >= 11 is 0. The number of benzene rings is 1. The van der Waals surface area contributed by atoms with Gasteiger partial charge in [-0.1, -0.05) is 12.1 Å². The van der Waals surface area contributed by atoms with Gasteiger partial charge in [0.05, 0.1) is 5.69 Å². The second kappa shape index (κ2) is 7.91. The van der Waals surface area contributed by atoms with E-state index in [1.54, 1.807) is 18.2 Å². The summed E-state index contributed by atoms with van der Waals surface area (Å²) in [4.78, 5) is 34.3. The maximum absolute atomic E-state index is 12.1. The highest BCUT2D eigenvalue weighted by atomic mass is 16.3. The lowest BCUT2D eigenvalue weighted by Gasteiger charge is -2.10. The Morgan fingerprint density at radius 1 is 1.33 bits per heavy atom. The molecule has 0 aliphatic carbocycles. The predicted molar refractivity (Wildman–Crippen MR) is 87.3 cm³/mol. The summed E-state index contributed by atoms with van der Waals surface area (Å²) in [5, 5.41) is 18.9. The van der Waals surface area contributed by atoms with Crippen molar-refractivity contribution < 1.29 is 14.7 Å². The van der Waals surface area contributed by atoms with Crippen LogP contribution in [0.3, 0.4) is 0 Å². The Labute approximate surface area is 138 Å². The fourth-order valence-electron chi connectivity index (χ4n) is 2.09. The molecule has 0 saturated heterocycles. The van der Waals surface area contributed by atoms with Crippen LogP contribution in [0.25, 0.3) is 5.69 Å². The molecule has 2 amide bonds. The topological polar surface area (TPSA) is 113 Å². The van der Waals surface area contributed by atoms with Gasteiger partial charge in [0, 0.05) is 19.2 Å². The third-order valence-electron chi connectivity index (χ3n) is 3.24. The Hall–Kier alpha value is -3.16. The number of aryl methyl sites for hydroxylation is 1. The van der Waals surface area contributed by atoms with Crippen LogP contribution < -0.4 is 16.2 Å². The molecule has 0 radical (unpaired) electrons. The second-order valence-electron chi connectivity index (χ2n) is 5.15. The zero-order valence-electron chi connectivity index (χ0n) is 13.2. The van der Waals surface area contributed by atoms with Gasteiger partial charge in [-0.2, -0.15) is 9.78 Å². The van der Waals surface area contributed by atoms with Gasteiger partial charge in [-0.05, 0) is 31.0 Å². The van der Waals surface area contributed by atoms with Gasteiger partial charge in [0.2, 0.25) is 6.41 Å². The number of aromatic hydroxyl groups is 1. The minimum absolute atomic E-state index is 0.237. The van der Waals surface area contributed by atoms with Crippen molar-refractivity contribution in [2.45, 2.75) is 13.3 Å². The Bertz CT molecular complexity index is 801. The van der Waals surface area contributed by atoms with Crippen molar-refractivity contribution in [1.29, 1.82) is 0 Å². The number of nitrogens with one attached hydrogen (secondary N) is 2. The Balaban J connectivity index is 2.21. The molecule has 2 aromatic rings. The molecule has 0 unspecified atom stereocenters. The van der Waals surface area contributed by atoms with Crippen LogP contribution >= 0.6 is 0 Å². The van der Waals surface area contributed by atoms with Gasteiger partial charge in [-0.3, -0.25) is 14.4 Å². The summed E-state index contributed by atoms with van der Waals surface area (Å²) < 4.78 is 1.07. The largest absolute Gasteiger partial charge is 0.505 e. The van der Waals surface area contributed by atoms with E-state index < -0.39 is 17.2 Å². The average Bonchev–Trinajstić information content (AvgIpc) is 2.54. The molecule has 0 aliphatic rings. The molecule has 2 rings (SSSR count). The zero-order valence-corrected chi connectivity index (χ0v) is 13.2. The van der Waals surface area contributed by atoms with Gasteiger partial charge in [-0.25, -0.2) is 0 Å². The monoisotopic (exact) mass is 330 g/mol. The van der Waals surface area contributed by atoms with Crippen molar-refractivity contribution >= 4 is 12.3 Å². The molecule has 0 bridgehead atoms. The minimum atomic E-state index is -0.597. The highest BCUT2D eigenvalue weighted by Crippen LogP contribution is 2.13. The smallest absolute Gasteiger partial charge is 0.275 e. The molecule has 1 heterocycles. The van der Waals surface area contributed by atoms with Crippen LogP contribution in [0.15, 0.2) is 35.1 Å². The van der Waals surface area contributed by atoms with Crippen LogP contribution in [0.1, 0.15) is 22.5 Å². The average molecular weight is 330 g/mol. The SMILES string of the molecule is Cc1cccc(-n2nc(C(=O)NCCCNC=O)c(O)cc2=O)c1. The summed E-state index contributed by atoms with van der Waals surface area (Å²) in [5.41, 5.74) is 0.663. The number of amides is 2. The lowest BCUT2D eigenvalue weighted by atomic mass is 10.2. The van der Waals surface area contributed by atoms with E-state index in [0.717, 1.165) is 16.3 Å². The predicted octanol–water partition coefficient (Wildman–Crippen LogP) is 0.112. The van der Waals surface area contributed by atoms with Gasteiger partial charge in [0.25, 0.3) is 11.5 Å². The van der Waals surface area contributed by atoms with Crippen molar-refractivity contribution in [2.24, 2.45) is 0 Å². The Morgan fingerprint density at radius 2 is 2.12 bits per heavy atom. The highest BCUT2D eigenvalue weighted by Gasteiger charge is 2.16. The molecule has 8 nitrogen and oxygen atoms in total. The van der Waals surface area contributed by atoms with Crippen LogP contribution in [0.4, 0.5) is 0 Å². The van der Waals surface area contributed by atoms with E-state index in [0.29, 0.717) is 31.6 Å². The number of carbonyl (C=O) groups is 2. The molecular formula is C16H18N4O4. The second-order valence-corrected chi connectivity index (χ2v) is 5.15. The third-order valence-corrected chi connectivity index (χ3v) is 3.24. The molecule has 0 fully saturated rings. The summed E-state index contributed by atoms with van der Waals surface area (Å²) in [6.07, 6.45) is 1.11. The normalized spacial score (nSPS) is 10.2. The lowest BCUT2D eigenvalue weighted by Crippen LogP contribution is -2.31. The van der Waals surface area contributed by atoms with E-state index in [1.807, 2.05) is 13.0 Å². The number of rotatable bonds is 7. The molecule has 3 N–H and O–H groups in total. The van der Waals surface area contributed by atoms with Crippen molar-refractivity contribution in [3.05, 3.63) is 51.9 Å². The van der Waals surface area contributed by atoms with Gasteiger partial charge >= 0.3 is 0 Å². The highest BCUT2D eigenvalue weighted by molar-refractivity contribution is 5.94. The van der Waals surface area contributed by atoms with E-state index in [1.165, 1.54) is 0 Å². The van der Waals surface area contributed by atoms with Gasteiger partial charge < -0.3 is 15.7 Å². The first kappa shape index (κ1) is 17.2. The van der Waals surface area contributed by atoms with Crippen LogP contribution in [-0.2, 0) is 4.79 Å². The lowest BCUT2D eigenvalue weighted by molar-refractivity contribution is -0.109. The van der Waals surface area contributed by atoms with Crippen LogP contribution in [0, 0.1) is 6.92 Å². The molecular weight excluding hydrogens is 312 g/mol. The summed E-state index contributed by atoms with van der Waals surface area (Å²) in [5.74, 6) is -1.08. The first-order valence-corrected chi connectivity index (χ1v) is 7.38. The maximum atomic E-state index is 12.1. The van der Waals surface area contributed by atoms with Gasteiger partial charge in [0.1, 0.15) is 0 Å². The molecule has 8 heteroatoms. The summed E-state index contributed by atoms with van der Waals surface area (Å²) in [6.45, 7) is 2.59. The minimum Gasteiger partial charge on any atom is -0.505 e. The van der Waals surface area contributed by atoms with Crippen LogP contribution in [-0.4, -0.2) is 40.3 Å². The van der Waals surface area contributed by atoms with Gasteiger partial charge in [-0.15, -0.1) is 0 Å². The first-order valence-electron chi connectivity index (χ1n) is 7.38. The molecule has 1 aromatic carbocycles. The standard InChI is InChI=1S/C16H18N4O4/c1-11-4-2-5-12(8-11)20-14(23)9-13(22)15(19-20)16(24)18-7-3-6-17-10-21/h2,4-5,8-10,22H,3,6-7H2,1H3,(H,17,21)(H,18,24). The zero-order chi connectivity index (χ0) is 17.5. The first-order chi connectivity index (χ1) is 11.5. The molecule has 0 aliphatic heterocycles. The van der Waals surface area contributed by atoms with Gasteiger partial charge in [0.15, 0.2) is 11.4 Å². The number of hydrogen-bond donors (Lipinski definition) is 3. The molecule has 24 heavy (non-hydrogen) atoms. The van der Waals surface area contributed by atoms with Crippen LogP contribution in [0.5, 0.6) is 5.75 Å².